The molecule has 2 atom stereocenters. The number of nitrogens with zero attached hydrogens (tertiary/aromatic N) is 2. The fourth-order valence-corrected chi connectivity index (χ4v) is 5.07. The summed E-state index contributed by atoms with van der Waals surface area (Å²) >= 11 is 0. The third-order valence-corrected chi connectivity index (χ3v) is 7.63. The number of benzene rings is 2. The Bertz CT molecular complexity index is 1470. The molecule has 0 aliphatic rings. The third-order valence-electron chi connectivity index (χ3n) is 7.63. The Morgan fingerprint density at radius 3 is 2.57 bits per heavy atom. The van der Waals surface area contributed by atoms with Crippen molar-refractivity contribution in [2.24, 2.45) is 5.92 Å². The number of carbonyl (C=O) groups is 2. The standard InChI is InChI=1S/C34H41N3O5/c1-5-6-7-10-23(2)32(36-26-14-12-25(13-15-26)34(40)37(4)20-18-31(38)39)33-24(3)29-21-28(16-17-30(29)42-33)41-22-27-11-8-9-19-35-27/h8-9,11-17,19,21,23,32,36H,5-7,10,18,20,22H2,1-4H3,(H,38,39). The normalized spacial score (nSPS) is 12.6. The summed E-state index contributed by atoms with van der Waals surface area (Å²) in [4.78, 5) is 29.4. The van der Waals surface area contributed by atoms with Gasteiger partial charge in [0.25, 0.3) is 5.91 Å². The maximum Gasteiger partial charge on any atom is 0.305 e. The number of amides is 1. The monoisotopic (exact) mass is 571 g/mol. The van der Waals surface area contributed by atoms with Gasteiger partial charge in [0.05, 0.1) is 18.2 Å². The van der Waals surface area contributed by atoms with Crippen LogP contribution in [-0.2, 0) is 11.4 Å². The van der Waals surface area contributed by atoms with Crippen LogP contribution >= 0.6 is 0 Å². The molecule has 8 heteroatoms. The van der Waals surface area contributed by atoms with Gasteiger partial charge in [-0.2, -0.15) is 0 Å². The number of anilines is 1. The van der Waals surface area contributed by atoms with Crippen LogP contribution in [0.15, 0.2) is 71.3 Å². The zero-order chi connectivity index (χ0) is 30.1. The maximum absolute atomic E-state index is 12.7. The van der Waals surface area contributed by atoms with Gasteiger partial charge in [0, 0.05) is 42.0 Å². The van der Waals surface area contributed by atoms with Crippen LogP contribution in [0.1, 0.15) is 79.4 Å². The molecule has 42 heavy (non-hydrogen) atoms. The first-order chi connectivity index (χ1) is 20.3. The van der Waals surface area contributed by atoms with Crippen molar-refractivity contribution in [3.8, 4) is 5.75 Å². The lowest BCUT2D eigenvalue weighted by Crippen LogP contribution is -2.29. The van der Waals surface area contributed by atoms with E-state index < -0.39 is 5.97 Å². The van der Waals surface area contributed by atoms with Crippen LogP contribution in [0, 0.1) is 12.8 Å². The number of carboxylic acids is 1. The molecule has 0 fully saturated rings. The highest BCUT2D eigenvalue weighted by Crippen LogP contribution is 2.38. The highest BCUT2D eigenvalue weighted by atomic mass is 16.5. The molecule has 0 radical (unpaired) electrons. The Hall–Kier alpha value is -4.33. The third kappa shape index (κ3) is 7.90. The lowest BCUT2D eigenvalue weighted by Gasteiger charge is -2.25. The molecule has 4 rings (SSSR count). The Labute approximate surface area is 247 Å². The van der Waals surface area contributed by atoms with Crippen molar-refractivity contribution in [3.05, 3.63) is 89.4 Å². The first kappa shape index (κ1) is 30.6. The molecular weight excluding hydrogens is 530 g/mol. The molecule has 2 unspecified atom stereocenters. The van der Waals surface area contributed by atoms with Gasteiger partial charge in [-0.15, -0.1) is 0 Å². The number of aryl methyl sites for hydroxylation is 1. The number of pyridine rings is 1. The van der Waals surface area contributed by atoms with Gasteiger partial charge in [-0.05, 0) is 73.9 Å². The van der Waals surface area contributed by atoms with E-state index in [0.717, 1.165) is 58.7 Å². The number of hydrogen-bond acceptors (Lipinski definition) is 6. The molecule has 8 nitrogen and oxygen atoms in total. The van der Waals surface area contributed by atoms with Gasteiger partial charge in [0.15, 0.2) is 0 Å². The molecule has 0 bridgehead atoms. The fraction of sp³-hybridized carbons (Fsp3) is 0.382. The SMILES string of the molecule is CCCCCC(C)C(Nc1ccc(C(=O)N(C)CCC(=O)O)cc1)c1oc2ccc(OCc3ccccn3)cc2c1C. The number of rotatable bonds is 15. The molecule has 2 heterocycles. The van der Waals surface area contributed by atoms with Crippen molar-refractivity contribution < 1.29 is 23.8 Å². The number of aromatic nitrogens is 1. The van der Waals surface area contributed by atoms with E-state index in [4.69, 9.17) is 14.3 Å². The minimum atomic E-state index is -0.928. The molecule has 0 saturated carbocycles. The molecule has 4 aromatic rings. The molecule has 222 valence electrons. The fourth-order valence-electron chi connectivity index (χ4n) is 5.07. The molecule has 0 spiro atoms. The van der Waals surface area contributed by atoms with E-state index in [2.05, 4.69) is 31.1 Å². The average Bonchev–Trinajstić information content (AvgIpc) is 3.33. The zero-order valence-corrected chi connectivity index (χ0v) is 24.9. The highest BCUT2D eigenvalue weighted by molar-refractivity contribution is 5.94. The van der Waals surface area contributed by atoms with E-state index in [1.54, 1.807) is 25.4 Å². The van der Waals surface area contributed by atoms with E-state index in [9.17, 15) is 9.59 Å². The molecule has 2 aromatic heterocycles. The van der Waals surface area contributed by atoms with Crippen LogP contribution in [0.3, 0.4) is 0 Å². The summed E-state index contributed by atoms with van der Waals surface area (Å²) in [7, 11) is 1.62. The van der Waals surface area contributed by atoms with Gasteiger partial charge < -0.3 is 24.5 Å². The number of furan rings is 1. The minimum absolute atomic E-state index is 0.0769. The van der Waals surface area contributed by atoms with Crippen molar-refractivity contribution >= 4 is 28.5 Å². The Kier molecular flexibility index (Phi) is 10.6. The molecule has 0 aliphatic heterocycles. The second kappa shape index (κ2) is 14.5. The number of unbranched alkanes of at least 4 members (excludes halogenated alkanes) is 2. The largest absolute Gasteiger partial charge is 0.487 e. The minimum Gasteiger partial charge on any atom is -0.487 e. The number of carbonyl (C=O) groups excluding carboxylic acids is 1. The predicted octanol–water partition coefficient (Wildman–Crippen LogP) is 7.63. The van der Waals surface area contributed by atoms with Crippen LogP contribution in [-0.4, -0.2) is 40.5 Å². The van der Waals surface area contributed by atoms with Gasteiger partial charge in [0.1, 0.15) is 23.7 Å². The molecule has 2 aromatic carbocycles. The van der Waals surface area contributed by atoms with Crippen LogP contribution < -0.4 is 10.1 Å². The van der Waals surface area contributed by atoms with E-state index in [-0.39, 0.29) is 24.9 Å². The second-order valence-corrected chi connectivity index (χ2v) is 10.9. The average molecular weight is 572 g/mol. The van der Waals surface area contributed by atoms with Crippen LogP contribution in [0.5, 0.6) is 5.75 Å². The number of hydrogen-bond donors (Lipinski definition) is 2. The van der Waals surface area contributed by atoms with Crippen molar-refractivity contribution in [1.29, 1.82) is 0 Å². The van der Waals surface area contributed by atoms with Crippen molar-refractivity contribution in [3.63, 3.8) is 0 Å². The van der Waals surface area contributed by atoms with Gasteiger partial charge in [-0.3, -0.25) is 14.6 Å². The second-order valence-electron chi connectivity index (χ2n) is 10.9. The molecule has 2 N–H and O–H groups in total. The summed E-state index contributed by atoms with van der Waals surface area (Å²) in [5.41, 5.74) is 4.14. The van der Waals surface area contributed by atoms with E-state index >= 15 is 0 Å². The summed E-state index contributed by atoms with van der Waals surface area (Å²) in [6, 6.07) is 18.9. The molecule has 0 aliphatic carbocycles. The molecular formula is C34H41N3O5. The van der Waals surface area contributed by atoms with E-state index in [1.807, 2.05) is 48.5 Å². The Balaban J connectivity index is 1.55. The smallest absolute Gasteiger partial charge is 0.305 e. The van der Waals surface area contributed by atoms with Crippen molar-refractivity contribution in [2.45, 2.75) is 65.5 Å². The topological polar surface area (TPSA) is 105 Å². The Morgan fingerprint density at radius 1 is 1.10 bits per heavy atom. The van der Waals surface area contributed by atoms with Crippen LogP contribution in [0.25, 0.3) is 11.0 Å². The van der Waals surface area contributed by atoms with Gasteiger partial charge in [0.2, 0.25) is 0 Å². The van der Waals surface area contributed by atoms with Crippen LogP contribution in [0.2, 0.25) is 0 Å². The summed E-state index contributed by atoms with van der Waals surface area (Å²) in [6.07, 6.45) is 6.19. The van der Waals surface area contributed by atoms with Crippen LogP contribution in [0.4, 0.5) is 5.69 Å². The Morgan fingerprint density at radius 2 is 1.88 bits per heavy atom. The van der Waals surface area contributed by atoms with E-state index in [0.29, 0.717) is 18.1 Å². The number of fused-ring (bicyclic) bond motifs is 1. The van der Waals surface area contributed by atoms with Gasteiger partial charge >= 0.3 is 5.97 Å². The number of carboxylic acid groups (broad SMARTS) is 1. The van der Waals surface area contributed by atoms with E-state index in [1.165, 1.54) is 11.3 Å². The maximum atomic E-state index is 12.7. The summed E-state index contributed by atoms with van der Waals surface area (Å²) in [5, 5.41) is 13.6. The summed E-state index contributed by atoms with van der Waals surface area (Å²) in [5.74, 6) is 0.810. The van der Waals surface area contributed by atoms with Gasteiger partial charge in [-0.1, -0.05) is 39.2 Å². The summed E-state index contributed by atoms with van der Waals surface area (Å²) < 4.78 is 12.5. The predicted molar refractivity (Wildman–Crippen MR) is 165 cm³/mol. The number of aliphatic carboxylic acids is 1. The van der Waals surface area contributed by atoms with Crippen molar-refractivity contribution in [1.82, 2.24) is 9.88 Å². The lowest BCUT2D eigenvalue weighted by molar-refractivity contribution is -0.137. The molecule has 0 saturated heterocycles. The van der Waals surface area contributed by atoms with Crippen molar-refractivity contribution in [2.75, 3.05) is 18.9 Å². The quantitative estimate of drug-likeness (QED) is 0.141. The lowest BCUT2D eigenvalue weighted by atomic mass is 9.91. The molecule has 1 amide bonds. The zero-order valence-electron chi connectivity index (χ0n) is 24.9. The first-order valence-corrected chi connectivity index (χ1v) is 14.7. The number of nitrogens with one attached hydrogen (secondary N) is 1. The van der Waals surface area contributed by atoms with Gasteiger partial charge in [-0.25, -0.2) is 0 Å². The first-order valence-electron chi connectivity index (χ1n) is 14.7. The summed E-state index contributed by atoms with van der Waals surface area (Å²) in [6.45, 7) is 7.09. The highest BCUT2D eigenvalue weighted by Gasteiger charge is 2.26. The number of ether oxygens (including phenoxy) is 1.